The molecule has 0 radical (unpaired) electrons. The highest BCUT2D eigenvalue weighted by Gasteiger charge is 2.28. The molecule has 2 rings (SSSR count). The van der Waals surface area contributed by atoms with Gasteiger partial charge < -0.3 is 9.79 Å². The number of aryl methyl sites for hydroxylation is 1. The van der Waals surface area contributed by atoms with Crippen LogP contribution >= 0.6 is 7.60 Å². The van der Waals surface area contributed by atoms with Crippen LogP contribution in [0.2, 0.25) is 0 Å². The Bertz CT molecular complexity index is 885. The zero-order chi connectivity index (χ0) is 20.1. The van der Waals surface area contributed by atoms with E-state index in [1.54, 1.807) is 19.1 Å². The second-order valence-corrected chi connectivity index (χ2v) is 9.95. The molecule has 0 aliphatic rings. The Morgan fingerprint density at radius 2 is 1.44 bits per heavy atom. The van der Waals surface area contributed by atoms with Crippen LogP contribution in [0, 0.1) is 0 Å². The van der Waals surface area contributed by atoms with E-state index in [1.165, 1.54) is 0 Å². The van der Waals surface area contributed by atoms with Crippen molar-refractivity contribution >= 4 is 17.7 Å². The normalized spacial score (nSPS) is 13.5. The van der Waals surface area contributed by atoms with Crippen LogP contribution in [0.4, 0.5) is 0 Å². The van der Waals surface area contributed by atoms with Gasteiger partial charge in [-0.15, -0.1) is 0 Å². The topological polar surface area (TPSA) is 112 Å². The summed E-state index contributed by atoms with van der Waals surface area (Å²) in [4.78, 5) is 18.9. The van der Waals surface area contributed by atoms with Gasteiger partial charge in [-0.2, -0.15) is 8.42 Å². The Hall–Kier alpha value is -1.50. The maximum Gasteiger partial charge on any atom is 0.332 e. The van der Waals surface area contributed by atoms with Crippen molar-refractivity contribution in [3.63, 3.8) is 0 Å². The standard InChI is InChI=1S/C19H25O6PS/c1-2-19(26(20,21)22)18-12-10-17(11-13-18)16-8-6-15(7-9-16)5-3-4-14-27(23,24)25/h6-13,19H,2-5,14H2,1H3,(H2,20,21,22)(H,23,24,25). The summed E-state index contributed by atoms with van der Waals surface area (Å²) < 4.78 is 41.7. The van der Waals surface area contributed by atoms with Crippen LogP contribution in [0.3, 0.4) is 0 Å². The molecule has 0 saturated carbocycles. The third kappa shape index (κ3) is 6.87. The highest BCUT2D eigenvalue weighted by Crippen LogP contribution is 2.53. The lowest BCUT2D eigenvalue weighted by Crippen LogP contribution is -2.03. The lowest BCUT2D eigenvalue weighted by molar-refractivity contribution is 0.357. The Balaban J connectivity index is 2.01. The van der Waals surface area contributed by atoms with Crippen molar-refractivity contribution < 1.29 is 27.3 Å². The fourth-order valence-corrected chi connectivity index (χ4v) is 4.65. The predicted molar refractivity (Wildman–Crippen MR) is 106 cm³/mol. The number of hydrogen-bond donors (Lipinski definition) is 3. The predicted octanol–water partition coefficient (Wildman–Crippen LogP) is 4.19. The molecule has 1 atom stereocenters. The van der Waals surface area contributed by atoms with Gasteiger partial charge in [0.1, 0.15) is 0 Å². The minimum Gasteiger partial charge on any atom is -0.324 e. The van der Waals surface area contributed by atoms with Crippen molar-refractivity contribution in [3.8, 4) is 11.1 Å². The van der Waals surface area contributed by atoms with E-state index < -0.39 is 23.4 Å². The first kappa shape index (κ1) is 21.8. The number of benzene rings is 2. The van der Waals surface area contributed by atoms with Crippen LogP contribution in [0.5, 0.6) is 0 Å². The van der Waals surface area contributed by atoms with Gasteiger partial charge in [0, 0.05) is 0 Å². The van der Waals surface area contributed by atoms with E-state index in [2.05, 4.69) is 0 Å². The number of hydrogen-bond acceptors (Lipinski definition) is 3. The summed E-state index contributed by atoms with van der Waals surface area (Å²) in [6, 6.07) is 15.1. The van der Waals surface area contributed by atoms with Crippen LogP contribution in [0.1, 0.15) is 43.0 Å². The van der Waals surface area contributed by atoms with E-state index in [-0.39, 0.29) is 5.75 Å². The molecule has 2 aromatic carbocycles. The van der Waals surface area contributed by atoms with Crippen LogP contribution in [0.15, 0.2) is 48.5 Å². The lowest BCUT2D eigenvalue weighted by atomic mass is 10.00. The third-order valence-corrected chi connectivity index (χ3v) is 6.77. The quantitative estimate of drug-likeness (QED) is 0.323. The first-order chi connectivity index (χ1) is 12.6. The first-order valence-electron chi connectivity index (χ1n) is 8.80. The minimum absolute atomic E-state index is 0.217. The average molecular weight is 412 g/mol. The van der Waals surface area contributed by atoms with E-state index in [4.69, 9.17) is 4.55 Å². The molecule has 0 fully saturated rings. The van der Waals surface area contributed by atoms with Gasteiger partial charge in [-0.1, -0.05) is 55.5 Å². The molecule has 6 nitrogen and oxygen atoms in total. The number of unbranched alkanes of at least 4 members (excludes halogenated alkanes) is 1. The average Bonchev–Trinajstić information content (AvgIpc) is 2.58. The second-order valence-electron chi connectivity index (χ2n) is 6.58. The second kappa shape index (κ2) is 9.13. The molecule has 2 aromatic rings. The fraction of sp³-hybridized carbons (Fsp3) is 0.368. The molecule has 8 heteroatoms. The van der Waals surface area contributed by atoms with Crippen LogP contribution in [-0.2, 0) is 21.1 Å². The van der Waals surface area contributed by atoms with Gasteiger partial charge >= 0.3 is 7.60 Å². The monoisotopic (exact) mass is 412 g/mol. The summed E-state index contributed by atoms with van der Waals surface area (Å²) in [6.07, 6.45) is 2.19. The van der Waals surface area contributed by atoms with E-state index >= 15 is 0 Å². The molecular formula is C19H25O6PS. The molecule has 0 aliphatic carbocycles. The molecule has 0 bridgehead atoms. The van der Waals surface area contributed by atoms with Gasteiger partial charge in [0.25, 0.3) is 10.1 Å². The van der Waals surface area contributed by atoms with Gasteiger partial charge in [-0.3, -0.25) is 9.12 Å². The van der Waals surface area contributed by atoms with Crippen molar-refractivity contribution in [2.75, 3.05) is 5.75 Å². The highest BCUT2D eigenvalue weighted by molar-refractivity contribution is 7.85. The largest absolute Gasteiger partial charge is 0.332 e. The van der Waals surface area contributed by atoms with Crippen molar-refractivity contribution in [1.29, 1.82) is 0 Å². The molecule has 148 valence electrons. The van der Waals surface area contributed by atoms with Crippen LogP contribution in [-0.4, -0.2) is 28.5 Å². The maximum absolute atomic E-state index is 11.6. The smallest absolute Gasteiger partial charge is 0.324 e. The van der Waals surface area contributed by atoms with E-state index in [0.717, 1.165) is 23.1 Å². The molecule has 0 heterocycles. The van der Waals surface area contributed by atoms with Crippen LogP contribution in [0.25, 0.3) is 11.1 Å². The third-order valence-electron chi connectivity index (χ3n) is 4.49. The molecule has 1 unspecified atom stereocenters. The van der Waals surface area contributed by atoms with E-state index in [0.29, 0.717) is 24.8 Å². The molecule has 0 aliphatic heterocycles. The Morgan fingerprint density at radius 3 is 1.89 bits per heavy atom. The molecule has 0 aromatic heterocycles. The molecule has 0 saturated heterocycles. The Morgan fingerprint density at radius 1 is 0.926 bits per heavy atom. The van der Waals surface area contributed by atoms with Crippen molar-refractivity contribution in [1.82, 2.24) is 0 Å². The number of rotatable bonds is 9. The van der Waals surface area contributed by atoms with Gasteiger partial charge in [-0.05, 0) is 47.9 Å². The maximum atomic E-state index is 11.6. The van der Waals surface area contributed by atoms with Crippen molar-refractivity contribution in [2.45, 2.75) is 38.3 Å². The summed E-state index contributed by atoms with van der Waals surface area (Å²) in [5, 5.41) is 0. The lowest BCUT2D eigenvalue weighted by Gasteiger charge is -2.17. The molecule has 27 heavy (non-hydrogen) atoms. The Labute approximate surface area is 160 Å². The summed E-state index contributed by atoms with van der Waals surface area (Å²) in [6.45, 7) is 1.76. The fourth-order valence-electron chi connectivity index (χ4n) is 3.04. The molecule has 0 spiro atoms. The SMILES string of the molecule is CCC(c1ccc(-c2ccc(CCCCS(=O)(=O)O)cc2)cc1)P(=O)(O)O. The Kier molecular flexibility index (Phi) is 7.37. The zero-order valence-electron chi connectivity index (χ0n) is 15.2. The van der Waals surface area contributed by atoms with Crippen molar-refractivity contribution in [3.05, 3.63) is 59.7 Å². The molecular weight excluding hydrogens is 387 g/mol. The summed E-state index contributed by atoms with van der Waals surface area (Å²) in [7, 11) is -8.06. The van der Waals surface area contributed by atoms with E-state index in [1.807, 2.05) is 36.4 Å². The van der Waals surface area contributed by atoms with Gasteiger partial charge in [0.05, 0.1) is 11.4 Å². The summed E-state index contributed by atoms with van der Waals surface area (Å²) in [5.41, 5.74) is 2.88. The zero-order valence-corrected chi connectivity index (χ0v) is 16.9. The first-order valence-corrected chi connectivity index (χ1v) is 12.1. The van der Waals surface area contributed by atoms with Gasteiger partial charge in [0.15, 0.2) is 0 Å². The summed E-state index contributed by atoms with van der Waals surface area (Å²) in [5.74, 6) is -0.217. The summed E-state index contributed by atoms with van der Waals surface area (Å²) >= 11 is 0. The van der Waals surface area contributed by atoms with Crippen molar-refractivity contribution in [2.24, 2.45) is 0 Å². The van der Waals surface area contributed by atoms with Gasteiger partial charge in [0.2, 0.25) is 0 Å². The van der Waals surface area contributed by atoms with E-state index in [9.17, 15) is 22.8 Å². The van der Waals surface area contributed by atoms with Gasteiger partial charge in [-0.25, -0.2) is 0 Å². The highest BCUT2D eigenvalue weighted by atomic mass is 32.2. The molecule has 0 amide bonds. The molecule has 3 N–H and O–H groups in total. The minimum atomic E-state index is -4.17. The van der Waals surface area contributed by atoms with Crippen LogP contribution < -0.4 is 0 Å².